The molecular formula is C13H16ClNO3. The summed E-state index contributed by atoms with van der Waals surface area (Å²) in [6.45, 7) is 2.79. The van der Waals surface area contributed by atoms with Gasteiger partial charge in [0.25, 0.3) is 5.91 Å². The number of carbonyl (C=O) groups is 1. The number of hydrogen-bond donors (Lipinski definition) is 1. The topological polar surface area (TPSA) is 47.6 Å². The Kier molecular flexibility index (Phi) is 4.31. The van der Waals surface area contributed by atoms with Crippen LogP contribution in [0.15, 0.2) is 18.2 Å². The molecule has 0 saturated heterocycles. The second-order valence-corrected chi connectivity index (χ2v) is 4.99. The molecule has 1 heterocycles. The number of ether oxygens (including phenoxy) is 2. The molecule has 1 amide bonds. The number of carbonyl (C=O) groups excluding carboxylic acids is 1. The van der Waals surface area contributed by atoms with Crippen LogP contribution in [0.5, 0.6) is 11.5 Å². The molecule has 0 aliphatic carbocycles. The van der Waals surface area contributed by atoms with Gasteiger partial charge in [0.05, 0.1) is 0 Å². The lowest BCUT2D eigenvalue weighted by Crippen LogP contribution is -2.24. The molecule has 1 atom stereocenters. The van der Waals surface area contributed by atoms with Crippen LogP contribution >= 0.6 is 11.6 Å². The van der Waals surface area contributed by atoms with Crippen molar-refractivity contribution in [3.63, 3.8) is 0 Å². The van der Waals surface area contributed by atoms with Crippen molar-refractivity contribution in [1.82, 2.24) is 5.32 Å². The van der Waals surface area contributed by atoms with Crippen LogP contribution in [0.4, 0.5) is 0 Å². The Morgan fingerprint density at radius 3 is 3.00 bits per heavy atom. The Morgan fingerprint density at radius 1 is 1.44 bits per heavy atom. The van der Waals surface area contributed by atoms with E-state index in [9.17, 15) is 4.79 Å². The van der Waals surface area contributed by atoms with Gasteiger partial charge in [0.2, 0.25) is 6.79 Å². The van der Waals surface area contributed by atoms with Crippen molar-refractivity contribution < 1.29 is 14.3 Å². The van der Waals surface area contributed by atoms with E-state index in [0.29, 0.717) is 23.6 Å². The predicted molar refractivity (Wildman–Crippen MR) is 69.4 cm³/mol. The molecular weight excluding hydrogens is 254 g/mol. The molecule has 1 aliphatic rings. The fourth-order valence-electron chi connectivity index (χ4n) is 1.73. The van der Waals surface area contributed by atoms with Gasteiger partial charge in [-0.3, -0.25) is 4.79 Å². The van der Waals surface area contributed by atoms with Crippen molar-refractivity contribution in [2.45, 2.75) is 25.1 Å². The Labute approximate surface area is 111 Å². The van der Waals surface area contributed by atoms with E-state index in [2.05, 4.69) is 5.32 Å². The highest BCUT2D eigenvalue weighted by molar-refractivity contribution is 6.20. The Morgan fingerprint density at radius 2 is 2.22 bits per heavy atom. The zero-order chi connectivity index (χ0) is 13.0. The number of nitrogens with one attached hydrogen (secondary N) is 1. The van der Waals surface area contributed by atoms with E-state index in [1.807, 2.05) is 6.92 Å². The molecule has 0 spiro atoms. The van der Waals surface area contributed by atoms with Gasteiger partial charge in [0.1, 0.15) is 0 Å². The van der Waals surface area contributed by atoms with Crippen molar-refractivity contribution in [3.05, 3.63) is 23.8 Å². The summed E-state index contributed by atoms with van der Waals surface area (Å²) < 4.78 is 10.4. The summed E-state index contributed by atoms with van der Waals surface area (Å²) in [6.07, 6.45) is 1.77. The van der Waals surface area contributed by atoms with Crippen molar-refractivity contribution in [1.29, 1.82) is 0 Å². The molecule has 1 unspecified atom stereocenters. The van der Waals surface area contributed by atoms with E-state index in [-0.39, 0.29) is 18.1 Å². The number of halogens is 1. The number of hydrogen-bond acceptors (Lipinski definition) is 3. The van der Waals surface area contributed by atoms with E-state index in [4.69, 9.17) is 21.1 Å². The highest BCUT2D eigenvalue weighted by Crippen LogP contribution is 2.32. The van der Waals surface area contributed by atoms with Gasteiger partial charge in [-0.1, -0.05) is 0 Å². The smallest absolute Gasteiger partial charge is 0.251 e. The predicted octanol–water partition coefficient (Wildman–Crippen LogP) is 2.55. The quantitative estimate of drug-likeness (QED) is 0.660. The number of rotatable bonds is 5. The summed E-state index contributed by atoms with van der Waals surface area (Å²) in [5.41, 5.74) is 0.582. The van der Waals surface area contributed by atoms with Crippen LogP contribution in [-0.2, 0) is 0 Å². The lowest BCUT2D eigenvalue weighted by Gasteiger charge is -2.06. The van der Waals surface area contributed by atoms with Gasteiger partial charge in [-0.2, -0.15) is 0 Å². The standard InChI is InChI=1S/C13H16ClNO3/c1-9(14)3-2-6-15-13(16)10-4-5-11-12(7-10)18-8-17-11/h4-5,7,9H,2-3,6,8H2,1H3,(H,15,16). The van der Waals surface area contributed by atoms with Crippen LogP contribution in [0.3, 0.4) is 0 Å². The summed E-state index contributed by atoms with van der Waals surface area (Å²) in [5, 5.41) is 3.00. The molecule has 98 valence electrons. The van der Waals surface area contributed by atoms with Gasteiger partial charge in [-0.05, 0) is 38.0 Å². The van der Waals surface area contributed by atoms with Crippen LogP contribution in [-0.4, -0.2) is 24.6 Å². The number of fused-ring (bicyclic) bond motifs is 1. The van der Waals surface area contributed by atoms with Gasteiger partial charge in [0.15, 0.2) is 11.5 Å². The fourth-order valence-corrected chi connectivity index (χ4v) is 1.88. The van der Waals surface area contributed by atoms with Gasteiger partial charge in [-0.25, -0.2) is 0 Å². The fraction of sp³-hybridized carbons (Fsp3) is 0.462. The molecule has 1 aromatic carbocycles. The maximum Gasteiger partial charge on any atom is 0.251 e. The maximum atomic E-state index is 11.8. The van der Waals surface area contributed by atoms with Crippen LogP contribution in [0.2, 0.25) is 0 Å². The molecule has 1 aliphatic heterocycles. The largest absolute Gasteiger partial charge is 0.454 e. The van der Waals surface area contributed by atoms with Crippen LogP contribution in [0.1, 0.15) is 30.1 Å². The summed E-state index contributed by atoms with van der Waals surface area (Å²) in [4.78, 5) is 11.8. The lowest BCUT2D eigenvalue weighted by atomic mass is 10.2. The molecule has 0 aromatic heterocycles. The average molecular weight is 270 g/mol. The van der Waals surface area contributed by atoms with Crippen molar-refractivity contribution in [2.75, 3.05) is 13.3 Å². The van der Waals surface area contributed by atoms with Crippen LogP contribution < -0.4 is 14.8 Å². The highest BCUT2D eigenvalue weighted by atomic mass is 35.5. The summed E-state index contributed by atoms with van der Waals surface area (Å²) >= 11 is 5.83. The van der Waals surface area contributed by atoms with E-state index in [1.54, 1.807) is 18.2 Å². The molecule has 1 N–H and O–H groups in total. The van der Waals surface area contributed by atoms with Crippen molar-refractivity contribution >= 4 is 17.5 Å². The van der Waals surface area contributed by atoms with Crippen LogP contribution in [0.25, 0.3) is 0 Å². The first-order chi connectivity index (χ1) is 8.66. The molecule has 0 radical (unpaired) electrons. The van der Waals surface area contributed by atoms with Crippen LogP contribution in [0, 0.1) is 0 Å². The van der Waals surface area contributed by atoms with Crippen molar-refractivity contribution in [2.24, 2.45) is 0 Å². The zero-order valence-electron chi connectivity index (χ0n) is 10.2. The van der Waals surface area contributed by atoms with E-state index in [1.165, 1.54) is 0 Å². The van der Waals surface area contributed by atoms with E-state index >= 15 is 0 Å². The second kappa shape index (κ2) is 5.96. The Balaban J connectivity index is 1.85. The lowest BCUT2D eigenvalue weighted by molar-refractivity contribution is 0.0952. The Bertz CT molecular complexity index is 434. The third kappa shape index (κ3) is 3.29. The minimum atomic E-state index is -0.101. The van der Waals surface area contributed by atoms with Gasteiger partial charge in [-0.15, -0.1) is 11.6 Å². The number of alkyl halides is 1. The minimum Gasteiger partial charge on any atom is -0.454 e. The summed E-state index contributed by atoms with van der Waals surface area (Å²) in [6, 6.07) is 5.17. The Hall–Kier alpha value is -1.42. The minimum absolute atomic E-state index is 0.101. The normalized spacial score (nSPS) is 14.3. The maximum absolute atomic E-state index is 11.8. The number of amides is 1. The third-order valence-corrected chi connectivity index (χ3v) is 2.92. The SMILES string of the molecule is CC(Cl)CCCNC(=O)c1ccc2c(c1)OCO2. The number of benzene rings is 1. The van der Waals surface area contributed by atoms with Gasteiger partial charge >= 0.3 is 0 Å². The van der Waals surface area contributed by atoms with E-state index in [0.717, 1.165) is 12.8 Å². The molecule has 0 bridgehead atoms. The first kappa shape index (κ1) is 13.0. The summed E-state index contributed by atoms with van der Waals surface area (Å²) in [5.74, 6) is 1.20. The summed E-state index contributed by atoms with van der Waals surface area (Å²) in [7, 11) is 0. The first-order valence-corrected chi connectivity index (χ1v) is 6.42. The monoisotopic (exact) mass is 269 g/mol. The molecule has 1 aromatic rings. The van der Waals surface area contributed by atoms with Crippen molar-refractivity contribution in [3.8, 4) is 11.5 Å². The zero-order valence-corrected chi connectivity index (χ0v) is 11.0. The van der Waals surface area contributed by atoms with E-state index < -0.39 is 0 Å². The molecule has 18 heavy (non-hydrogen) atoms. The molecule has 4 nitrogen and oxygen atoms in total. The third-order valence-electron chi connectivity index (χ3n) is 2.70. The average Bonchev–Trinajstić information content (AvgIpc) is 2.81. The molecule has 2 rings (SSSR count). The second-order valence-electron chi connectivity index (χ2n) is 4.25. The molecule has 0 saturated carbocycles. The van der Waals surface area contributed by atoms with Gasteiger partial charge in [0, 0.05) is 17.5 Å². The highest BCUT2D eigenvalue weighted by Gasteiger charge is 2.15. The first-order valence-electron chi connectivity index (χ1n) is 5.99. The molecule has 5 heteroatoms. The molecule has 0 fully saturated rings. The van der Waals surface area contributed by atoms with Gasteiger partial charge < -0.3 is 14.8 Å².